The van der Waals surface area contributed by atoms with Crippen LogP contribution in [0.5, 0.6) is 57.5 Å². The zero-order valence-corrected chi connectivity index (χ0v) is 45.6. The van der Waals surface area contributed by atoms with E-state index in [1.54, 1.807) is 71.1 Å². The Hall–Kier alpha value is -5.65. The van der Waals surface area contributed by atoms with Crippen molar-refractivity contribution < 1.29 is 100 Å². The van der Waals surface area contributed by atoms with Crippen molar-refractivity contribution >= 4 is 23.5 Å². The lowest BCUT2D eigenvalue weighted by Gasteiger charge is -2.46. The lowest BCUT2D eigenvalue weighted by atomic mass is 9.85. The molecule has 19 heteroatoms. The predicted octanol–water partition coefficient (Wildman–Crippen LogP) is 1.85. The molecule has 0 spiro atoms. The summed E-state index contributed by atoms with van der Waals surface area (Å²) in [6.45, 7) is 3.09. The number of hydrogen-bond acceptors (Lipinski definition) is 14. The predicted molar refractivity (Wildman–Crippen MR) is 264 cm³/mol. The van der Waals surface area contributed by atoms with Gasteiger partial charge >= 0.3 is 11.9 Å². The van der Waals surface area contributed by atoms with Gasteiger partial charge in [-0.3, -0.25) is 0 Å². The molecule has 0 saturated heterocycles. The first-order valence-corrected chi connectivity index (χ1v) is 23.5. The number of hydrogen-bond donors (Lipinski definition) is 0. The number of rotatable bonds is 23. The summed E-state index contributed by atoms with van der Waals surface area (Å²) in [6, 6.07) is 15.9. The van der Waals surface area contributed by atoms with Crippen LogP contribution < -0.4 is 72.2 Å². The third kappa shape index (κ3) is 12.7. The normalized spacial score (nSPS) is 18.9. The van der Waals surface area contributed by atoms with Crippen molar-refractivity contribution in [3.05, 3.63) is 93.0 Å². The average molecular weight is 1060 g/mol. The number of quaternary nitrogens is 2. The van der Waals surface area contributed by atoms with Crippen LogP contribution in [0.3, 0.4) is 0 Å². The van der Waals surface area contributed by atoms with Gasteiger partial charge in [0, 0.05) is 54.9 Å². The van der Waals surface area contributed by atoms with Crippen LogP contribution in [0, 0.1) is 0 Å². The molecule has 0 bridgehead atoms. The van der Waals surface area contributed by atoms with Crippen LogP contribution >= 0.6 is 11.6 Å². The summed E-state index contributed by atoms with van der Waals surface area (Å²) in [7, 11) is 20.5. The Balaban J connectivity index is 0.00000562. The Morgan fingerprint density at radius 3 is 1.44 bits per heavy atom. The van der Waals surface area contributed by atoms with Gasteiger partial charge in [0.25, 0.3) is 0 Å². The number of esters is 2. The minimum absolute atomic E-state index is 0. The molecule has 396 valence electrons. The van der Waals surface area contributed by atoms with E-state index in [1.807, 2.05) is 36.4 Å². The highest BCUT2D eigenvalue weighted by atomic mass is 35.5. The van der Waals surface area contributed by atoms with Crippen molar-refractivity contribution in [2.45, 2.75) is 44.2 Å². The summed E-state index contributed by atoms with van der Waals surface area (Å²) in [6.07, 6.45) is 4.24. The van der Waals surface area contributed by atoms with E-state index in [9.17, 15) is 9.59 Å². The highest BCUT2D eigenvalue weighted by Crippen LogP contribution is 2.49. The van der Waals surface area contributed by atoms with Crippen molar-refractivity contribution in [3.8, 4) is 57.5 Å². The first-order chi connectivity index (χ1) is 33.7. The van der Waals surface area contributed by atoms with E-state index in [0.717, 1.165) is 59.8 Å². The van der Waals surface area contributed by atoms with E-state index < -0.39 is 11.9 Å². The van der Waals surface area contributed by atoms with Crippen LogP contribution in [-0.4, -0.2) is 145 Å². The fraction of sp³-hybridized carbons (Fsp3) is 0.472. The quantitative estimate of drug-likeness (QED) is 0.0462. The van der Waals surface area contributed by atoms with Gasteiger partial charge in [0.05, 0.1) is 125 Å². The molecule has 0 radical (unpaired) electrons. The van der Waals surface area contributed by atoms with Gasteiger partial charge in [0.15, 0.2) is 46.0 Å². The molecular formula is C53H69Cl3N2O14. The summed E-state index contributed by atoms with van der Waals surface area (Å²) in [5, 5.41) is -0.364. The Morgan fingerprint density at radius 2 is 0.958 bits per heavy atom. The molecule has 0 aliphatic carbocycles. The molecule has 4 atom stereocenters. The number of carbonyl (C=O) groups excluding carboxylic acids is 2. The Labute approximate surface area is 441 Å². The van der Waals surface area contributed by atoms with E-state index in [2.05, 4.69) is 26.2 Å². The zero-order valence-electron chi connectivity index (χ0n) is 43.4. The smallest absolute Gasteiger partial charge is 0.350 e. The molecule has 0 aromatic heterocycles. The van der Waals surface area contributed by atoms with Gasteiger partial charge in [-0.2, -0.15) is 0 Å². The molecule has 0 fully saturated rings. The molecular weight excluding hydrogens is 995 g/mol. The topological polar surface area (TPSA) is 145 Å². The first-order valence-electron chi connectivity index (χ1n) is 23.2. The van der Waals surface area contributed by atoms with Crippen molar-refractivity contribution in [1.29, 1.82) is 0 Å². The van der Waals surface area contributed by atoms with Gasteiger partial charge in [0.1, 0.15) is 17.1 Å². The molecule has 0 unspecified atom stereocenters. The second-order valence-electron chi connectivity index (χ2n) is 17.8. The number of methoxy groups -OCH3 is 10. The standard InChI is InChI=1S/C53H69ClN2O14.2ClH/c1-55(19-15-34-26-41(59-3)43(61-5)30-37(34)40(55)23-33-24-45(63-7)51(67-11)46(25-33)64-8)17-13-22-70-53(58)39(54)32-49(57)69-21-14-18-56(2)20-16-35-27-42(60-4)44(62-6)31-38(35)50(56)36-28-47(65-9)52(68-12)48(29-36)66-10;;/h24-32,40,50H,13-23H2,1-12H3;2*1H/q+2;;/p-2/t40-,50+,55-,56+;;/m1../s1. The SMILES string of the molecule is COc1cc2c(cc1OC)[C@H](c1cc(OC)c(OC)c(OC)c1)[N@@+](C)(CCCOC(=O)C=C(Cl)C(=O)OCCC[N@+]1(C)CCc3cc(OC)c(OC)cc3[C@H]1Cc1cc(OC)c(OC)c(OC)c1)CC2.[Cl-].[Cl-]. The minimum atomic E-state index is -0.804. The third-order valence-corrected chi connectivity index (χ3v) is 14.1. The van der Waals surface area contributed by atoms with E-state index in [4.69, 9.17) is 68.4 Å². The average Bonchev–Trinajstić information content (AvgIpc) is 3.37. The third-order valence-electron chi connectivity index (χ3n) is 13.8. The summed E-state index contributed by atoms with van der Waals surface area (Å²) in [4.78, 5) is 26.1. The molecule has 6 rings (SSSR count). The van der Waals surface area contributed by atoms with Crippen molar-refractivity contribution in [1.82, 2.24) is 0 Å². The Morgan fingerprint density at radius 1 is 0.542 bits per heavy atom. The number of nitrogens with zero attached hydrogens (tertiary/aromatic N) is 2. The molecule has 2 aliphatic heterocycles. The fourth-order valence-corrected chi connectivity index (χ4v) is 10.3. The van der Waals surface area contributed by atoms with Gasteiger partial charge in [-0.15, -0.1) is 0 Å². The van der Waals surface area contributed by atoms with Crippen LogP contribution in [0.15, 0.2) is 59.6 Å². The Kier molecular flexibility index (Phi) is 21.6. The Bertz CT molecular complexity index is 2490. The molecule has 0 N–H and O–H groups in total. The number of fused-ring (bicyclic) bond motifs is 2. The molecule has 0 amide bonds. The van der Waals surface area contributed by atoms with Gasteiger partial charge in [-0.25, -0.2) is 9.59 Å². The molecule has 4 aromatic carbocycles. The van der Waals surface area contributed by atoms with Gasteiger partial charge in [-0.05, 0) is 65.2 Å². The van der Waals surface area contributed by atoms with Gasteiger partial charge in [-0.1, -0.05) is 11.6 Å². The molecule has 4 aromatic rings. The summed E-state index contributed by atoms with van der Waals surface area (Å²) < 4.78 is 69.4. The van der Waals surface area contributed by atoms with Crippen molar-refractivity contribution in [3.63, 3.8) is 0 Å². The maximum atomic E-state index is 13.1. The number of likely N-dealkylation sites (N-methyl/N-ethyl adjacent to an activating group) is 2. The molecule has 0 saturated carbocycles. The number of benzene rings is 4. The van der Waals surface area contributed by atoms with E-state index >= 15 is 0 Å². The molecule has 2 heterocycles. The van der Waals surface area contributed by atoms with E-state index in [-0.39, 0.29) is 55.1 Å². The van der Waals surface area contributed by atoms with Crippen LogP contribution in [0.4, 0.5) is 0 Å². The van der Waals surface area contributed by atoms with Crippen molar-refractivity contribution in [2.24, 2.45) is 0 Å². The van der Waals surface area contributed by atoms with Crippen LogP contribution in [0.1, 0.15) is 58.3 Å². The maximum Gasteiger partial charge on any atom is 0.350 e. The lowest BCUT2D eigenvalue weighted by Crippen LogP contribution is -3.00. The van der Waals surface area contributed by atoms with Gasteiger partial charge in [0.2, 0.25) is 11.5 Å². The molecule has 72 heavy (non-hydrogen) atoms. The largest absolute Gasteiger partial charge is 1.00 e. The van der Waals surface area contributed by atoms with E-state index in [1.165, 1.54) is 5.56 Å². The van der Waals surface area contributed by atoms with E-state index in [0.29, 0.717) is 98.8 Å². The number of halogens is 3. The zero-order chi connectivity index (χ0) is 50.8. The number of ether oxygens (including phenoxy) is 12. The minimum Gasteiger partial charge on any atom is -1.00 e. The van der Waals surface area contributed by atoms with Crippen molar-refractivity contribution in [2.75, 3.05) is 125 Å². The van der Waals surface area contributed by atoms with Crippen LogP contribution in [0.2, 0.25) is 0 Å². The fourth-order valence-electron chi connectivity index (χ4n) is 10.2. The molecule has 2 aliphatic rings. The highest BCUT2D eigenvalue weighted by molar-refractivity contribution is 6.42. The number of carbonyl (C=O) groups is 2. The first kappa shape index (κ1) is 58.9. The highest BCUT2D eigenvalue weighted by Gasteiger charge is 2.43. The summed E-state index contributed by atoms with van der Waals surface area (Å²) >= 11 is 6.36. The van der Waals surface area contributed by atoms with Crippen LogP contribution in [-0.2, 0) is 38.3 Å². The van der Waals surface area contributed by atoms with Crippen LogP contribution in [0.25, 0.3) is 0 Å². The second kappa shape index (κ2) is 26.3. The van der Waals surface area contributed by atoms with Gasteiger partial charge < -0.3 is 90.6 Å². The molecule has 16 nitrogen and oxygen atoms in total. The monoisotopic (exact) mass is 1060 g/mol. The summed E-state index contributed by atoms with van der Waals surface area (Å²) in [5.74, 6) is 4.29. The second-order valence-corrected chi connectivity index (χ2v) is 18.2. The lowest BCUT2D eigenvalue weighted by molar-refractivity contribution is -0.941. The summed E-state index contributed by atoms with van der Waals surface area (Å²) in [5.41, 5.74) is 6.47. The maximum absolute atomic E-state index is 13.1.